The summed E-state index contributed by atoms with van der Waals surface area (Å²) in [4.78, 5) is 9.19. The summed E-state index contributed by atoms with van der Waals surface area (Å²) in [5.74, 6) is 1.50. The lowest BCUT2D eigenvalue weighted by atomic mass is 10.2. The van der Waals surface area contributed by atoms with Crippen molar-refractivity contribution in [3.63, 3.8) is 0 Å². The van der Waals surface area contributed by atoms with Crippen LogP contribution in [0.15, 0.2) is 29.8 Å². The normalized spacial score (nSPS) is 12.9. The Labute approximate surface area is 137 Å². The average molecular weight is 340 g/mol. The van der Waals surface area contributed by atoms with Crippen LogP contribution in [0.5, 0.6) is 0 Å². The number of fused-ring (bicyclic) bond motifs is 1. The number of thiazole rings is 1. The number of halogens is 2. The van der Waals surface area contributed by atoms with Crippen LogP contribution in [-0.4, -0.2) is 20.4 Å². The molecular formula is C15H15Cl2N3S. The standard InChI is InChI=1S/C15H15Cl2N3S/c1-2-12(15-18-8-9-21-15)20-13(6-7-16)19-11-5-3-4-10(17)14(11)20/h3-5,8-9,12H,2,6-7H2,1H3. The highest BCUT2D eigenvalue weighted by Gasteiger charge is 2.22. The molecule has 0 aliphatic rings. The lowest BCUT2D eigenvalue weighted by Gasteiger charge is -2.18. The summed E-state index contributed by atoms with van der Waals surface area (Å²) in [6.07, 6.45) is 3.48. The van der Waals surface area contributed by atoms with Gasteiger partial charge in [-0.1, -0.05) is 24.6 Å². The van der Waals surface area contributed by atoms with Crippen LogP contribution in [0.25, 0.3) is 11.0 Å². The summed E-state index contributed by atoms with van der Waals surface area (Å²) in [5.41, 5.74) is 1.89. The highest BCUT2D eigenvalue weighted by molar-refractivity contribution is 7.09. The summed E-state index contributed by atoms with van der Waals surface area (Å²) in [5, 5.41) is 3.79. The number of alkyl halides is 1. The van der Waals surface area contributed by atoms with Crippen LogP contribution in [0, 0.1) is 0 Å². The van der Waals surface area contributed by atoms with E-state index in [0.29, 0.717) is 12.3 Å². The van der Waals surface area contributed by atoms with Crippen LogP contribution in [0.1, 0.15) is 30.2 Å². The molecule has 1 aromatic carbocycles. The number of benzene rings is 1. The quantitative estimate of drug-likeness (QED) is 0.617. The first-order chi connectivity index (χ1) is 10.3. The van der Waals surface area contributed by atoms with Gasteiger partial charge in [-0.25, -0.2) is 9.97 Å². The molecule has 1 atom stereocenters. The van der Waals surface area contributed by atoms with Gasteiger partial charge in [0, 0.05) is 23.9 Å². The Bertz CT molecular complexity index is 737. The molecule has 0 bridgehead atoms. The van der Waals surface area contributed by atoms with Crippen molar-refractivity contribution in [3.8, 4) is 0 Å². The fourth-order valence-corrected chi connectivity index (χ4v) is 3.86. The van der Waals surface area contributed by atoms with Crippen molar-refractivity contribution in [2.24, 2.45) is 0 Å². The first kappa shape index (κ1) is 14.8. The number of rotatable bonds is 5. The van der Waals surface area contributed by atoms with E-state index in [1.807, 2.05) is 29.8 Å². The van der Waals surface area contributed by atoms with Gasteiger partial charge in [0.1, 0.15) is 10.8 Å². The molecule has 1 unspecified atom stereocenters. The number of hydrogen-bond acceptors (Lipinski definition) is 3. The minimum atomic E-state index is 0.146. The molecule has 6 heteroatoms. The summed E-state index contributed by atoms with van der Waals surface area (Å²) >= 11 is 14.0. The number of nitrogens with zero attached hydrogens (tertiary/aromatic N) is 3. The minimum Gasteiger partial charge on any atom is -0.317 e. The average Bonchev–Trinajstić information content (AvgIpc) is 3.10. The van der Waals surface area contributed by atoms with Gasteiger partial charge in [0.2, 0.25) is 0 Å². The van der Waals surface area contributed by atoms with Gasteiger partial charge in [-0.2, -0.15) is 0 Å². The van der Waals surface area contributed by atoms with Crippen molar-refractivity contribution in [2.75, 3.05) is 5.88 Å². The Kier molecular flexibility index (Phi) is 4.48. The summed E-state index contributed by atoms with van der Waals surface area (Å²) < 4.78 is 2.21. The zero-order chi connectivity index (χ0) is 14.8. The molecule has 0 amide bonds. The zero-order valence-corrected chi connectivity index (χ0v) is 13.9. The van der Waals surface area contributed by atoms with E-state index in [2.05, 4.69) is 16.5 Å². The van der Waals surface area contributed by atoms with Crippen molar-refractivity contribution in [2.45, 2.75) is 25.8 Å². The molecule has 3 nitrogen and oxygen atoms in total. The second kappa shape index (κ2) is 6.34. The van der Waals surface area contributed by atoms with E-state index in [4.69, 9.17) is 28.2 Å². The maximum absolute atomic E-state index is 6.43. The third-order valence-electron chi connectivity index (χ3n) is 3.49. The van der Waals surface area contributed by atoms with Crippen LogP contribution < -0.4 is 0 Å². The van der Waals surface area contributed by atoms with Gasteiger partial charge in [-0.05, 0) is 18.6 Å². The van der Waals surface area contributed by atoms with Gasteiger partial charge in [0.25, 0.3) is 0 Å². The molecule has 2 aromatic heterocycles. The molecule has 110 valence electrons. The van der Waals surface area contributed by atoms with E-state index in [9.17, 15) is 0 Å². The molecule has 2 heterocycles. The Morgan fingerprint density at radius 2 is 2.24 bits per heavy atom. The number of imidazole rings is 1. The molecule has 0 fully saturated rings. The fourth-order valence-electron chi connectivity index (χ4n) is 2.62. The van der Waals surface area contributed by atoms with E-state index < -0.39 is 0 Å². The van der Waals surface area contributed by atoms with Gasteiger partial charge in [-0.3, -0.25) is 0 Å². The smallest absolute Gasteiger partial charge is 0.115 e. The fraction of sp³-hybridized carbons (Fsp3) is 0.333. The number of aryl methyl sites for hydroxylation is 1. The number of aromatic nitrogens is 3. The second-order valence-electron chi connectivity index (χ2n) is 4.74. The third kappa shape index (κ3) is 2.68. The maximum Gasteiger partial charge on any atom is 0.115 e. The lowest BCUT2D eigenvalue weighted by Crippen LogP contribution is -2.13. The Balaban J connectivity index is 2.25. The predicted molar refractivity (Wildman–Crippen MR) is 89.7 cm³/mol. The molecular weight excluding hydrogens is 325 g/mol. The summed E-state index contributed by atoms with van der Waals surface area (Å²) in [6.45, 7) is 2.15. The Morgan fingerprint density at radius 1 is 1.38 bits per heavy atom. The molecule has 0 N–H and O–H groups in total. The molecule has 0 saturated heterocycles. The van der Waals surface area contributed by atoms with E-state index in [-0.39, 0.29) is 6.04 Å². The van der Waals surface area contributed by atoms with Gasteiger partial charge in [-0.15, -0.1) is 22.9 Å². The SMILES string of the molecule is CCC(c1nccs1)n1c(CCCl)nc2cccc(Cl)c21. The minimum absolute atomic E-state index is 0.146. The van der Waals surface area contributed by atoms with E-state index in [1.165, 1.54) is 0 Å². The first-order valence-electron chi connectivity index (χ1n) is 6.87. The highest BCUT2D eigenvalue weighted by atomic mass is 35.5. The van der Waals surface area contributed by atoms with E-state index in [1.54, 1.807) is 11.3 Å². The van der Waals surface area contributed by atoms with Crippen LogP contribution in [0.3, 0.4) is 0 Å². The zero-order valence-electron chi connectivity index (χ0n) is 11.6. The Hall–Kier alpha value is -1.10. The molecule has 3 rings (SSSR count). The van der Waals surface area contributed by atoms with Gasteiger partial charge < -0.3 is 4.57 Å². The van der Waals surface area contributed by atoms with Crippen molar-refractivity contribution >= 4 is 45.6 Å². The highest BCUT2D eigenvalue weighted by Crippen LogP contribution is 2.33. The van der Waals surface area contributed by atoms with E-state index in [0.717, 1.165) is 33.3 Å². The second-order valence-corrected chi connectivity index (χ2v) is 6.45. The first-order valence-corrected chi connectivity index (χ1v) is 8.66. The predicted octanol–water partition coefficient (Wildman–Crippen LogP) is 4.93. The van der Waals surface area contributed by atoms with Crippen LogP contribution in [-0.2, 0) is 6.42 Å². The topological polar surface area (TPSA) is 30.7 Å². The molecule has 0 aliphatic heterocycles. The molecule has 0 aliphatic carbocycles. The van der Waals surface area contributed by atoms with Crippen molar-refractivity contribution in [1.29, 1.82) is 0 Å². The van der Waals surface area contributed by atoms with Crippen LogP contribution >= 0.6 is 34.5 Å². The van der Waals surface area contributed by atoms with Crippen molar-refractivity contribution < 1.29 is 0 Å². The molecule has 0 radical (unpaired) electrons. The van der Waals surface area contributed by atoms with Crippen molar-refractivity contribution in [1.82, 2.24) is 14.5 Å². The van der Waals surface area contributed by atoms with Gasteiger partial charge in [0.15, 0.2) is 0 Å². The van der Waals surface area contributed by atoms with Crippen LogP contribution in [0.2, 0.25) is 5.02 Å². The maximum atomic E-state index is 6.43. The summed E-state index contributed by atoms with van der Waals surface area (Å²) in [7, 11) is 0. The molecule has 0 spiro atoms. The van der Waals surface area contributed by atoms with Crippen LogP contribution in [0.4, 0.5) is 0 Å². The Morgan fingerprint density at radius 3 is 2.90 bits per heavy atom. The summed E-state index contributed by atoms with van der Waals surface area (Å²) in [6, 6.07) is 5.97. The molecule has 3 aromatic rings. The molecule has 0 saturated carbocycles. The molecule has 21 heavy (non-hydrogen) atoms. The van der Waals surface area contributed by atoms with Gasteiger partial charge in [0.05, 0.1) is 22.1 Å². The van der Waals surface area contributed by atoms with E-state index >= 15 is 0 Å². The monoisotopic (exact) mass is 339 g/mol. The third-order valence-corrected chi connectivity index (χ3v) is 4.86. The van der Waals surface area contributed by atoms with Gasteiger partial charge >= 0.3 is 0 Å². The van der Waals surface area contributed by atoms with Crippen molar-refractivity contribution in [3.05, 3.63) is 45.6 Å². The number of para-hydroxylation sites is 1. The lowest BCUT2D eigenvalue weighted by molar-refractivity contribution is 0.555. The largest absolute Gasteiger partial charge is 0.317 e. The number of hydrogen-bond donors (Lipinski definition) is 0.